The zero-order valence-electron chi connectivity index (χ0n) is 13.9. The molecule has 1 heterocycles. The second kappa shape index (κ2) is 8.14. The van der Waals surface area contributed by atoms with Crippen molar-refractivity contribution in [3.05, 3.63) is 47.2 Å². The Morgan fingerprint density at radius 3 is 2.75 bits per heavy atom. The van der Waals surface area contributed by atoms with Gasteiger partial charge in [-0.05, 0) is 56.1 Å². The summed E-state index contributed by atoms with van der Waals surface area (Å²) in [6.45, 7) is 16.2. The van der Waals surface area contributed by atoms with E-state index in [1.807, 2.05) is 6.08 Å². The van der Waals surface area contributed by atoms with E-state index in [-0.39, 0.29) is 0 Å². The molecule has 1 heteroatoms. The summed E-state index contributed by atoms with van der Waals surface area (Å²) < 4.78 is 0. The highest BCUT2D eigenvalue weighted by Crippen LogP contribution is 2.32. The number of rotatable bonds is 6. The third-order valence-electron chi connectivity index (χ3n) is 4.50. The van der Waals surface area contributed by atoms with Crippen molar-refractivity contribution >= 4 is 0 Å². The number of allylic oxidation sites excluding steroid dienone is 6. The Bertz CT molecular complexity index is 423. The molecule has 0 saturated heterocycles. The summed E-state index contributed by atoms with van der Waals surface area (Å²) in [5, 5.41) is 3.66. The lowest BCUT2D eigenvalue weighted by atomic mass is 9.83. The highest BCUT2D eigenvalue weighted by Gasteiger charge is 2.22. The van der Waals surface area contributed by atoms with E-state index in [4.69, 9.17) is 0 Å². The fraction of sp³-hybridized carbons (Fsp3) is 0.579. The van der Waals surface area contributed by atoms with E-state index in [0.717, 1.165) is 13.0 Å². The molecular weight excluding hydrogens is 242 g/mol. The molecule has 0 saturated carbocycles. The Morgan fingerprint density at radius 2 is 2.20 bits per heavy atom. The molecule has 1 aliphatic heterocycles. The first-order chi connectivity index (χ1) is 9.54. The van der Waals surface area contributed by atoms with Gasteiger partial charge in [0.1, 0.15) is 0 Å². The van der Waals surface area contributed by atoms with Crippen LogP contribution < -0.4 is 5.32 Å². The van der Waals surface area contributed by atoms with Gasteiger partial charge in [-0.25, -0.2) is 0 Å². The Hall–Kier alpha value is -1.24. The van der Waals surface area contributed by atoms with Crippen LogP contribution >= 0.6 is 0 Å². The molecule has 0 aromatic carbocycles. The van der Waals surface area contributed by atoms with Crippen LogP contribution in [0, 0.1) is 11.8 Å². The quantitative estimate of drug-likeness (QED) is 0.640. The smallest absolute Gasteiger partial charge is 0.0369 e. The van der Waals surface area contributed by atoms with Crippen molar-refractivity contribution in [3.8, 4) is 0 Å². The van der Waals surface area contributed by atoms with Gasteiger partial charge >= 0.3 is 0 Å². The maximum absolute atomic E-state index is 3.84. The Kier molecular flexibility index (Phi) is 6.84. The third kappa shape index (κ3) is 4.13. The van der Waals surface area contributed by atoms with Gasteiger partial charge < -0.3 is 5.32 Å². The molecule has 0 amide bonds. The zero-order chi connectivity index (χ0) is 15.1. The van der Waals surface area contributed by atoms with Crippen molar-refractivity contribution in [2.24, 2.45) is 11.8 Å². The summed E-state index contributed by atoms with van der Waals surface area (Å²) in [6, 6.07) is 0. The van der Waals surface area contributed by atoms with Crippen LogP contribution in [0.3, 0.4) is 0 Å². The van der Waals surface area contributed by atoms with Gasteiger partial charge in [0.05, 0.1) is 0 Å². The minimum atomic E-state index is 0.618. The average Bonchev–Trinajstić information content (AvgIpc) is 2.46. The monoisotopic (exact) mass is 273 g/mol. The summed E-state index contributed by atoms with van der Waals surface area (Å²) >= 11 is 0. The zero-order valence-corrected chi connectivity index (χ0v) is 13.9. The van der Waals surface area contributed by atoms with Gasteiger partial charge in [0.25, 0.3) is 0 Å². The molecule has 2 atom stereocenters. The molecule has 1 nitrogen and oxygen atoms in total. The molecular formula is C19H31N. The van der Waals surface area contributed by atoms with E-state index in [1.165, 1.54) is 29.7 Å². The highest BCUT2D eigenvalue weighted by molar-refractivity contribution is 5.39. The maximum atomic E-state index is 3.84. The Balaban J connectivity index is 3.14. The van der Waals surface area contributed by atoms with Gasteiger partial charge in [0.2, 0.25) is 0 Å². The van der Waals surface area contributed by atoms with Crippen LogP contribution in [-0.4, -0.2) is 6.54 Å². The van der Waals surface area contributed by atoms with Gasteiger partial charge in [0, 0.05) is 12.2 Å². The first-order valence-corrected chi connectivity index (χ1v) is 7.97. The van der Waals surface area contributed by atoms with Gasteiger partial charge in [-0.1, -0.05) is 51.2 Å². The summed E-state index contributed by atoms with van der Waals surface area (Å²) in [5.41, 5.74) is 5.72. The van der Waals surface area contributed by atoms with E-state index in [1.54, 1.807) is 5.57 Å². The van der Waals surface area contributed by atoms with Gasteiger partial charge in [-0.15, -0.1) is 0 Å². The number of hydrogen-bond acceptors (Lipinski definition) is 1. The van der Waals surface area contributed by atoms with Crippen LogP contribution in [0.1, 0.15) is 53.9 Å². The van der Waals surface area contributed by atoms with E-state index >= 15 is 0 Å². The molecule has 0 fully saturated rings. The minimum absolute atomic E-state index is 0.618. The topological polar surface area (TPSA) is 12.0 Å². The molecule has 0 aromatic rings. The predicted octanol–water partition coefficient (Wildman–Crippen LogP) is 5.38. The minimum Gasteiger partial charge on any atom is -0.385 e. The number of hydrogen-bond donors (Lipinski definition) is 1. The first-order valence-electron chi connectivity index (χ1n) is 7.97. The molecule has 2 unspecified atom stereocenters. The van der Waals surface area contributed by atoms with Crippen molar-refractivity contribution in [2.75, 3.05) is 6.54 Å². The lowest BCUT2D eigenvalue weighted by Crippen LogP contribution is -2.29. The van der Waals surface area contributed by atoms with Crippen molar-refractivity contribution in [1.82, 2.24) is 5.32 Å². The molecule has 0 aromatic heterocycles. The summed E-state index contributed by atoms with van der Waals surface area (Å²) in [6.07, 6.45) is 9.99. The molecule has 0 bridgehead atoms. The third-order valence-corrected chi connectivity index (χ3v) is 4.50. The van der Waals surface area contributed by atoms with Crippen LogP contribution in [0.5, 0.6) is 0 Å². The first kappa shape index (κ1) is 16.8. The van der Waals surface area contributed by atoms with E-state index in [9.17, 15) is 0 Å². The number of nitrogens with one attached hydrogen (secondary N) is 1. The van der Waals surface area contributed by atoms with Gasteiger partial charge in [-0.3, -0.25) is 0 Å². The van der Waals surface area contributed by atoms with Gasteiger partial charge in [0.15, 0.2) is 0 Å². The molecule has 0 radical (unpaired) electrons. The largest absolute Gasteiger partial charge is 0.385 e. The fourth-order valence-electron chi connectivity index (χ4n) is 2.79. The SMILES string of the molecule is C=C/C(C)=C/CC1=C(/C(=C/C)C(C)CC)NCCC1C. The van der Waals surface area contributed by atoms with Crippen molar-refractivity contribution in [2.45, 2.75) is 53.9 Å². The highest BCUT2D eigenvalue weighted by atomic mass is 14.9. The Labute approximate surface area is 125 Å². The average molecular weight is 273 g/mol. The molecule has 20 heavy (non-hydrogen) atoms. The summed E-state index contributed by atoms with van der Waals surface area (Å²) in [5.74, 6) is 1.28. The fourth-order valence-corrected chi connectivity index (χ4v) is 2.79. The lowest BCUT2D eigenvalue weighted by molar-refractivity contribution is 0.515. The summed E-state index contributed by atoms with van der Waals surface area (Å²) in [4.78, 5) is 0. The van der Waals surface area contributed by atoms with E-state index < -0.39 is 0 Å². The van der Waals surface area contributed by atoms with Gasteiger partial charge in [-0.2, -0.15) is 0 Å². The van der Waals surface area contributed by atoms with Crippen LogP contribution in [0.15, 0.2) is 47.2 Å². The van der Waals surface area contributed by atoms with Crippen molar-refractivity contribution in [3.63, 3.8) is 0 Å². The Morgan fingerprint density at radius 1 is 1.50 bits per heavy atom. The van der Waals surface area contributed by atoms with E-state index in [0.29, 0.717) is 11.8 Å². The predicted molar refractivity (Wildman–Crippen MR) is 90.6 cm³/mol. The maximum Gasteiger partial charge on any atom is 0.0369 e. The molecule has 1 N–H and O–H groups in total. The molecule has 112 valence electrons. The van der Waals surface area contributed by atoms with Crippen molar-refractivity contribution in [1.29, 1.82) is 0 Å². The molecule has 0 aliphatic carbocycles. The van der Waals surface area contributed by atoms with Crippen LogP contribution in [0.4, 0.5) is 0 Å². The van der Waals surface area contributed by atoms with Crippen LogP contribution in [0.25, 0.3) is 0 Å². The van der Waals surface area contributed by atoms with Crippen molar-refractivity contribution < 1.29 is 0 Å². The molecule has 1 rings (SSSR count). The molecule has 0 spiro atoms. The normalized spacial score (nSPS) is 22.6. The standard InChI is InChI=1S/C19H31N/c1-7-14(4)10-11-18-16(6)12-13-20-19(18)17(9-3)15(5)8-2/h7,9-10,15-16,20H,1,8,11-13H2,2-6H3/b14-10+,17-9+. The van der Waals surface area contributed by atoms with Crippen LogP contribution in [-0.2, 0) is 0 Å². The lowest BCUT2D eigenvalue weighted by Gasteiger charge is -2.30. The molecule has 1 aliphatic rings. The second-order valence-electron chi connectivity index (χ2n) is 5.93. The second-order valence-corrected chi connectivity index (χ2v) is 5.93. The van der Waals surface area contributed by atoms with Crippen LogP contribution in [0.2, 0.25) is 0 Å². The summed E-state index contributed by atoms with van der Waals surface area (Å²) in [7, 11) is 0. The van der Waals surface area contributed by atoms with E-state index in [2.05, 4.69) is 58.7 Å².